The SMILES string of the molecule is COC[C@@H](C)NC[C@H](O)COc1ccc(Br)cc1. The fourth-order valence-electron chi connectivity index (χ4n) is 1.43. The molecule has 0 spiro atoms. The van der Waals surface area contributed by atoms with Gasteiger partial charge in [-0.1, -0.05) is 15.9 Å². The lowest BCUT2D eigenvalue weighted by Crippen LogP contribution is -2.38. The van der Waals surface area contributed by atoms with Crippen LogP contribution in [0.25, 0.3) is 0 Å². The number of ether oxygens (including phenoxy) is 2. The summed E-state index contributed by atoms with van der Waals surface area (Å²) in [4.78, 5) is 0. The fourth-order valence-corrected chi connectivity index (χ4v) is 1.69. The average molecular weight is 318 g/mol. The minimum atomic E-state index is -0.534. The Balaban J connectivity index is 2.20. The van der Waals surface area contributed by atoms with Gasteiger partial charge < -0.3 is 19.9 Å². The summed E-state index contributed by atoms with van der Waals surface area (Å²) >= 11 is 3.35. The summed E-state index contributed by atoms with van der Waals surface area (Å²) in [5.74, 6) is 0.752. The number of rotatable bonds is 8. The van der Waals surface area contributed by atoms with Crippen molar-refractivity contribution in [3.8, 4) is 5.75 Å². The Kier molecular flexibility index (Phi) is 7.27. The molecule has 0 aliphatic rings. The van der Waals surface area contributed by atoms with Crippen molar-refractivity contribution in [2.75, 3.05) is 26.9 Å². The third-order valence-corrected chi connectivity index (χ3v) is 2.90. The van der Waals surface area contributed by atoms with Gasteiger partial charge in [-0.2, -0.15) is 0 Å². The van der Waals surface area contributed by atoms with E-state index in [1.165, 1.54) is 0 Å². The van der Waals surface area contributed by atoms with Crippen LogP contribution in [0.4, 0.5) is 0 Å². The molecule has 102 valence electrons. The molecule has 0 amide bonds. The number of halogens is 1. The number of nitrogens with one attached hydrogen (secondary N) is 1. The summed E-state index contributed by atoms with van der Waals surface area (Å²) in [6.07, 6.45) is -0.534. The van der Waals surface area contributed by atoms with Crippen LogP contribution in [0.2, 0.25) is 0 Å². The molecule has 0 radical (unpaired) electrons. The zero-order chi connectivity index (χ0) is 13.4. The zero-order valence-electron chi connectivity index (χ0n) is 10.7. The van der Waals surface area contributed by atoms with Crippen molar-refractivity contribution in [3.63, 3.8) is 0 Å². The molecule has 0 fully saturated rings. The lowest BCUT2D eigenvalue weighted by Gasteiger charge is -2.17. The van der Waals surface area contributed by atoms with Crippen molar-refractivity contribution in [1.29, 1.82) is 0 Å². The third kappa shape index (κ3) is 6.35. The van der Waals surface area contributed by atoms with E-state index < -0.39 is 6.10 Å². The van der Waals surface area contributed by atoms with E-state index >= 15 is 0 Å². The summed E-state index contributed by atoms with van der Waals surface area (Å²) in [6.45, 7) is 3.39. The van der Waals surface area contributed by atoms with Gasteiger partial charge in [0.05, 0.1) is 6.61 Å². The van der Waals surface area contributed by atoms with Crippen LogP contribution >= 0.6 is 15.9 Å². The third-order valence-electron chi connectivity index (χ3n) is 2.37. The summed E-state index contributed by atoms with van der Waals surface area (Å²) < 4.78 is 11.5. The number of methoxy groups -OCH3 is 1. The van der Waals surface area contributed by atoms with Crippen LogP contribution in [0.15, 0.2) is 28.7 Å². The van der Waals surface area contributed by atoms with E-state index in [-0.39, 0.29) is 12.6 Å². The topological polar surface area (TPSA) is 50.7 Å². The molecule has 5 heteroatoms. The maximum Gasteiger partial charge on any atom is 0.119 e. The van der Waals surface area contributed by atoms with Gasteiger partial charge in [0.1, 0.15) is 18.5 Å². The number of aliphatic hydroxyl groups excluding tert-OH is 1. The predicted octanol–water partition coefficient (Wildman–Crippen LogP) is 1.81. The lowest BCUT2D eigenvalue weighted by molar-refractivity contribution is 0.0973. The van der Waals surface area contributed by atoms with Gasteiger partial charge in [-0.05, 0) is 31.2 Å². The molecule has 1 rings (SSSR count). The van der Waals surface area contributed by atoms with E-state index in [0.29, 0.717) is 13.2 Å². The smallest absolute Gasteiger partial charge is 0.119 e. The average Bonchev–Trinajstić information content (AvgIpc) is 2.36. The van der Waals surface area contributed by atoms with Gasteiger partial charge in [-0.3, -0.25) is 0 Å². The second-order valence-corrected chi connectivity index (χ2v) is 5.10. The largest absolute Gasteiger partial charge is 0.491 e. The standard InChI is InChI=1S/C13H20BrNO3/c1-10(8-17-2)15-7-12(16)9-18-13-5-3-11(14)4-6-13/h3-6,10,12,15-16H,7-9H2,1-2H3/t10-,12+/m1/s1. The van der Waals surface area contributed by atoms with Crippen LogP contribution in [-0.4, -0.2) is 44.1 Å². The van der Waals surface area contributed by atoms with Crippen molar-refractivity contribution >= 4 is 15.9 Å². The van der Waals surface area contributed by atoms with Crippen LogP contribution in [0.1, 0.15) is 6.92 Å². The second-order valence-electron chi connectivity index (χ2n) is 4.18. The molecule has 2 N–H and O–H groups in total. The maximum absolute atomic E-state index is 9.74. The van der Waals surface area contributed by atoms with E-state index in [1.54, 1.807) is 7.11 Å². The Bertz CT molecular complexity index is 332. The molecule has 0 unspecified atom stereocenters. The van der Waals surface area contributed by atoms with Crippen molar-refractivity contribution < 1.29 is 14.6 Å². The normalized spacial score (nSPS) is 14.2. The molecule has 0 saturated carbocycles. The maximum atomic E-state index is 9.74. The highest BCUT2D eigenvalue weighted by molar-refractivity contribution is 9.10. The first-order chi connectivity index (χ1) is 8.61. The van der Waals surface area contributed by atoms with E-state index in [2.05, 4.69) is 21.2 Å². The molecule has 18 heavy (non-hydrogen) atoms. The Morgan fingerprint density at radius 2 is 1.94 bits per heavy atom. The monoisotopic (exact) mass is 317 g/mol. The molecule has 1 aromatic rings. The molecule has 0 aliphatic heterocycles. The van der Waals surface area contributed by atoms with E-state index in [9.17, 15) is 5.11 Å². The van der Waals surface area contributed by atoms with E-state index in [4.69, 9.17) is 9.47 Å². The second kappa shape index (κ2) is 8.48. The minimum Gasteiger partial charge on any atom is -0.491 e. The molecular formula is C13H20BrNO3. The van der Waals surface area contributed by atoms with Gasteiger partial charge in [0, 0.05) is 24.2 Å². The molecule has 0 heterocycles. The molecule has 1 aromatic carbocycles. The van der Waals surface area contributed by atoms with Crippen molar-refractivity contribution in [2.24, 2.45) is 0 Å². The lowest BCUT2D eigenvalue weighted by atomic mass is 10.3. The summed E-state index contributed by atoms with van der Waals surface area (Å²) in [5.41, 5.74) is 0. The predicted molar refractivity (Wildman–Crippen MR) is 75.0 cm³/mol. The number of benzene rings is 1. The molecule has 0 bridgehead atoms. The number of hydrogen-bond acceptors (Lipinski definition) is 4. The first-order valence-corrected chi connectivity index (χ1v) is 6.70. The molecule has 4 nitrogen and oxygen atoms in total. The summed E-state index contributed by atoms with van der Waals surface area (Å²) in [6, 6.07) is 7.74. The minimum absolute atomic E-state index is 0.220. The van der Waals surface area contributed by atoms with E-state index in [0.717, 1.165) is 10.2 Å². The van der Waals surface area contributed by atoms with Crippen LogP contribution in [0, 0.1) is 0 Å². The van der Waals surface area contributed by atoms with Crippen LogP contribution in [0.5, 0.6) is 5.75 Å². The summed E-state index contributed by atoms with van der Waals surface area (Å²) in [7, 11) is 1.66. The Labute approximate surface area is 116 Å². The van der Waals surface area contributed by atoms with Crippen LogP contribution in [-0.2, 0) is 4.74 Å². The first-order valence-electron chi connectivity index (χ1n) is 5.90. The summed E-state index contributed by atoms with van der Waals surface area (Å²) in [5, 5.41) is 12.9. The highest BCUT2D eigenvalue weighted by atomic mass is 79.9. The fraction of sp³-hybridized carbons (Fsp3) is 0.538. The van der Waals surface area contributed by atoms with Gasteiger partial charge >= 0.3 is 0 Å². The zero-order valence-corrected chi connectivity index (χ0v) is 12.3. The molecule has 0 aromatic heterocycles. The first kappa shape index (κ1) is 15.4. The van der Waals surface area contributed by atoms with Crippen LogP contribution in [0.3, 0.4) is 0 Å². The highest BCUT2D eigenvalue weighted by Crippen LogP contribution is 2.16. The number of hydrogen-bond donors (Lipinski definition) is 2. The van der Waals surface area contributed by atoms with Gasteiger partial charge in [0.15, 0.2) is 0 Å². The van der Waals surface area contributed by atoms with Crippen LogP contribution < -0.4 is 10.1 Å². The quantitative estimate of drug-likeness (QED) is 0.768. The van der Waals surface area contributed by atoms with Crippen molar-refractivity contribution in [2.45, 2.75) is 19.1 Å². The molecule has 0 aliphatic carbocycles. The highest BCUT2D eigenvalue weighted by Gasteiger charge is 2.07. The molecular weight excluding hydrogens is 298 g/mol. The van der Waals surface area contributed by atoms with E-state index in [1.807, 2.05) is 31.2 Å². The van der Waals surface area contributed by atoms with Crippen molar-refractivity contribution in [3.05, 3.63) is 28.7 Å². The van der Waals surface area contributed by atoms with Gasteiger partial charge in [0.25, 0.3) is 0 Å². The van der Waals surface area contributed by atoms with Crippen molar-refractivity contribution in [1.82, 2.24) is 5.32 Å². The van der Waals surface area contributed by atoms with Gasteiger partial charge in [-0.25, -0.2) is 0 Å². The number of aliphatic hydroxyl groups is 1. The van der Waals surface area contributed by atoms with Gasteiger partial charge in [0.2, 0.25) is 0 Å². The Morgan fingerprint density at radius 3 is 2.56 bits per heavy atom. The Hall–Kier alpha value is -0.620. The molecule has 2 atom stereocenters. The van der Waals surface area contributed by atoms with Gasteiger partial charge in [-0.15, -0.1) is 0 Å². The Morgan fingerprint density at radius 1 is 1.28 bits per heavy atom. The molecule has 0 saturated heterocycles.